The predicted octanol–water partition coefficient (Wildman–Crippen LogP) is 3.43. The molecule has 0 radical (unpaired) electrons. The summed E-state index contributed by atoms with van der Waals surface area (Å²) < 4.78 is 28.2. The Hall–Kier alpha value is -0.390. The fraction of sp³-hybridized carbons (Fsp3) is 0.571. The minimum Gasteiger partial charge on any atom is -0.212 e. The molecule has 0 heterocycles. The van der Waals surface area contributed by atoms with E-state index in [1.165, 1.54) is 0 Å². The van der Waals surface area contributed by atoms with Gasteiger partial charge in [-0.25, -0.2) is 13.1 Å². The third kappa shape index (κ3) is 3.58. The molecular formula is C14H20BrNO2S. The van der Waals surface area contributed by atoms with Gasteiger partial charge in [0.05, 0.1) is 5.25 Å². The van der Waals surface area contributed by atoms with Crippen molar-refractivity contribution in [3.05, 3.63) is 33.3 Å². The van der Waals surface area contributed by atoms with Crippen LogP contribution in [0.1, 0.15) is 42.4 Å². The Labute approximate surface area is 124 Å². The first-order valence-electron chi connectivity index (χ1n) is 6.64. The van der Waals surface area contributed by atoms with Gasteiger partial charge in [0.1, 0.15) is 0 Å². The molecule has 0 bridgehead atoms. The van der Waals surface area contributed by atoms with Crippen LogP contribution in [0.5, 0.6) is 0 Å². The Bertz CT molecular complexity index is 540. The lowest BCUT2D eigenvalue weighted by Gasteiger charge is -2.15. The minimum absolute atomic E-state index is 0.191. The molecule has 1 aliphatic carbocycles. The summed E-state index contributed by atoms with van der Waals surface area (Å²) in [5.74, 6) is 0. The van der Waals surface area contributed by atoms with E-state index in [1.807, 2.05) is 26.0 Å². The maximum absolute atomic E-state index is 12.2. The highest BCUT2D eigenvalue weighted by Gasteiger charge is 2.28. The lowest BCUT2D eigenvalue weighted by Crippen LogP contribution is -2.32. The molecule has 0 atom stereocenters. The summed E-state index contributed by atoms with van der Waals surface area (Å²) in [6, 6.07) is 4.04. The molecule has 0 aliphatic heterocycles. The fourth-order valence-corrected chi connectivity index (χ4v) is 4.93. The van der Waals surface area contributed by atoms with Gasteiger partial charge in [-0.2, -0.15) is 0 Å². The number of sulfonamides is 1. The lowest BCUT2D eigenvalue weighted by molar-refractivity contribution is 0.564. The van der Waals surface area contributed by atoms with E-state index in [2.05, 4.69) is 20.7 Å². The van der Waals surface area contributed by atoms with Gasteiger partial charge in [0, 0.05) is 11.0 Å². The number of halogens is 1. The van der Waals surface area contributed by atoms with Gasteiger partial charge < -0.3 is 0 Å². The summed E-state index contributed by atoms with van der Waals surface area (Å²) in [6.45, 7) is 4.41. The van der Waals surface area contributed by atoms with Gasteiger partial charge in [-0.05, 0) is 55.5 Å². The Morgan fingerprint density at radius 1 is 1.21 bits per heavy atom. The Balaban J connectivity index is 2.10. The summed E-state index contributed by atoms with van der Waals surface area (Å²) in [5, 5.41) is -0.191. The third-order valence-electron chi connectivity index (χ3n) is 3.85. The summed E-state index contributed by atoms with van der Waals surface area (Å²) in [7, 11) is -3.16. The molecule has 5 heteroatoms. The van der Waals surface area contributed by atoms with Crippen LogP contribution in [-0.2, 0) is 16.6 Å². The van der Waals surface area contributed by atoms with Crippen LogP contribution in [0.25, 0.3) is 0 Å². The van der Waals surface area contributed by atoms with Crippen LogP contribution in [0.2, 0.25) is 0 Å². The van der Waals surface area contributed by atoms with Crippen molar-refractivity contribution in [1.29, 1.82) is 0 Å². The zero-order valence-corrected chi connectivity index (χ0v) is 13.8. The van der Waals surface area contributed by atoms with Crippen LogP contribution >= 0.6 is 15.9 Å². The molecule has 2 rings (SSSR count). The Kier molecular flexibility index (Phi) is 4.69. The summed E-state index contributed by atoms with van der Waals surface area (Å²) >= 11 is 3.45. The molecule has 0 saturated heterocycles. The first-order chi connectivity index (χ1) is 8.90. The molecule has 19 heavy (non-hydrogen) atoms. The second-order valence-corrected chi connectivity index (χ2v) is 8.25. The van der Waals surface area contributed by atoms with Crippen LogP contribution in [0.15, 0.2) is 16.6 Å². The number of benzene rings is 1. The molecule has 0 aromatic heterocycles. The summed E-state index contributed by atoms with van der Waals surface area (Å²) in [4.78, 5) is 0. The molecule has 3 nitrogen and oxygen atoms in total. The molecule has 1 fully saturated rings. The first kappa shape index (κ1) is 15.0. The fourth-order valence-electron chi connectivity index (χ4n) is 2.71. The van der Waals surface area contributed by atoms with Crippen molar-refractivity contribution in [3.63, 3.8) is 0 Å². The van der Waals surface area contributed by atoms with E-state index in [0.29, 0.717) is 6.54 Å². The molecular weight excluding hydrogens is 326 g/mol. The van der Waals surface area contributed by atoms with Crippen LogP contribution in [-0.4, -0.2) is 13.7 Å². The van der Waals surface area contributed by atoms with Crippen molar-refractivity contribution in [2.75, 3.05) is 0 Å². The van der Waals surface area contributed by atoms with Gasteiger partial charge in [0.2, 0.25) is 10.0 Å². The van der Waals surface area contributed by atoms with Crippen molar-refractivity contribution in [1.82, 2.24) is 4.72 Å². The quantitative estimate of drug-likeness (QED) is 0.908. The molecule has 0 amide bonds. The monoisotopic (exact) mass is 345 g/mol. The van der Waals surface area contributed by atoms with Crippen LogP contribution in [0.3, 0.4) is 0 Å². The summed E-state index contributed by atoms with van der Waals surface area (Å²) in [5.41, 5.74) is 3.30. The zero-order valence-electron chi connectivity index (χ0n) is 11.4. The largest absolute Gasteiger partial charge is 0.214 e. The van der Waals surface area contributed by atoms with E-state index in [0.717, 1.165) is 46.8 Å². The van der Waals surface area contributed by atoms with E-state index in [9.17, 15) is 8.42 Å². The number of nitrogens with one attached hydrogen (secondary N) is 1. The maximum Gasteiger partial charge on any atom is 0.214 e. The van der Waals surface area contributed by atoms with Crippen LogP contribution in [0, 0.1) is 13.8 Å². The van der Waals surface area contributed by atoms with E-state index in [-0.39, 0.29) is 5.25 Å². The van der Waals surface area contributed by atoms with Crippen molar-refractivity contribution in [3.8, 4) is 0 Å². The van der Waals surface area contributed by atoms with E-state index in [1.54, 1.807) is 0 Å². The maximum atomic E-state index is 12.2. The normalized spacial score (nSPS) is 17.0. The number of hydrogen-bond donors (Lipinski definition) is 1. The van der Waals surface area contributed by atoms with Gasteiger partial charge in [0.15, 0.2) is 0 Å². The molecule has 1 aliphatic rings. The van der Waals surface area contributed by atoms with Gasteiger partial charge in [-0.15, -0.1) is 0 Å². The van der Waals surface area contributed by atoms with Crippen LogP contribution in [0.4, 0.5) is 0 Å². The third-order valence-corrected chi connectivity index (χ3v) is 6.21. The molecule has 0 unspecified atom stereocenters. The molecule has 1 aromatic rings. The topological polar surface area (TPSA) is 46.2 Å². The number of rotatable bonds is 4. The number of aryl methyl sites for hydroxylation is 2. The van der Waals surface area contributed by atoms with Gasteiger partial charge in [-0.1, -0.05) is 28.8 Å². The van der Waals surface area contributed by atoms with Crippen LogP contribution < -0.4 is 4.72 Å². The zero-order chi connectivity index (χ0) is 14.0. The molecule has 1 N–H and O–H groups in total. The minimum atomic E-state index is -3.16. The highest BCUT2D eigenvalue weighted by atomic mass is 79.9. The van der Waals surface area contributed by atoms with Crippen molar-refractivity contribution in [2.24, 2.45) is 0 Å². The second-order valence-electron chi connectivity index (χ2n) is 5.29. The molecule has 1 saturated carbocycles. The standard InChI is InChI=1S/C14H20BrNO2S/c1-10-7-12(15)8-11(2)14(10)9-16-19(17,18)13-5-3-4-6-13/h7-8,13,16H,3-6,9H2,1-2H3. The molecule has 106 valence electrons. The number of hydrogen-bond acceptors (Lipinski definition) is 2. The van der Waals surface area contributed by atoms with Gasteiger partial charge in [-0.3, -0.25) is 0 Å². The van der Waals surface area contributed by atoms with Crippen molar-refractivity contribution >= 4 is 26.0 Å². The van der Waals surface area contributed by atoms with E-state index >= 15 is 0 Å². The Morgan fingerprint density at radius 2 is 1.74 bits per heavy atom. The Morgan fingerprint density at radius 3 is 2.26 bits per heavy atom. The van der Waals surface area contributed by atoms with Crippen molar-refractivity contribution in [2.45, 2.75) is 51.3 Å². The summed E-state index contributed by atoms with van der Waals surface area (Å²) in [6.07, 6.45) is 3.66. The van der Waals surface area contributed by atoms with Gasteiger partial charge >= 0.3 is 0 Å². The SMILES string of the molecule is Cc1cc(Br)cc(C)c1CNS(=O)(=O)C1CCCC1. The van der Waals surface area contributed by atoms with Crippen molar-refractivity contribution < 1.29 is 8.42 Å². The van der Waals surface area contributed by atoms with Gasteiger partial charge in [0.25, 0.3) is 0 Å². The molecule has 1 aromatic carbocycles. The van der Waals surface area contributed by atoms with E-state index < -0.39 is 10.0 Å². The smallest absolute Gasteiger partial charge is 0.212 e. The highest BCUT2D eigenvalue weighted by Crippen LogP contribution is 2.25. The highest BCUT2D eigenvalue weighted by molar-refractivity contribution is 9.10. The average molecular weight is 346 g/mol. The molecule has 0 spiro atoms. The lowest BCUT2D eigenvalue weighted by atomic mass is 10.0. The first-order valence-corrected chi connectivity index (χ1v) is 8.98. The predicted molar refractivity (Wildman–Crippen MR) is 81.6 cm³/mol. The second kappa shape index (κ2) is 5.94. The van der Waals surface area contributed by atoms with E-state index in [4.69, 9.17) is 0 Å². The average Bonchev–Trinajstić information content (AvgIpc) is 2.81.